The molecule has 1 aromatic carbocycles. The van der Waals surface area contributed by atoms with Gasteiger partial charge >= 0.3 is 0 Å². The zero-order valence-corrected chi connectivity index (χ0v) is 15.0. The monoisotopic (exact) mass is 347 g/mol. The number of anilines is 1. The van der Waals surface area contributed by atoms with E-state index in [2.05, 4.69) is 17.6 Å². The van der Waals surface area contributed by atoms with E-state index in [1.807, 2.05) is 6.92 Å². The number of benzene rings is 1. The number of Topliss-reactive ketones (excluding diaryl/α,β-unsaturated/α-hetero) is 1. The molecule has 1 aliphatic rings. The van der Waals surface area contributed by atoms with Crippen LogP contribution in [0.2, 0.25) is 0 Å². The van der Waals surface area contributed by atoms with E-state index in [0.29, 0.717) is 11.4 Å². The highest BCUT2D eigenvalue weighted by atomic mass is 16.3. The topological polar surface area (TPSA) is 102 Å². The Labute approximate surface area is 147 Å². The molecule has 0 aliphatic heterocycles. The van der Waals surface area contributed by atoms with E-state index in [-0.39, 0.29) is 34.7 Å². The Bertz CT molecular complexity index is 712. The number of nitrogens with one attached hydrogen (secondary N) is 2. The number of para-hydroxylation sites is 1. The standard InChI is InChI=1S/C18H25N3O4/c1-5-7-10(2)19-13-14(17(24)16(13)23)20-12-9-6-8-11(15(12)22)18(25)21(3)4/h6,8-10,17,19-20,22,24H,5,7H2,1-4H3. The second-order valence-corrected chi connectivity index (χ2v) is 6.42. The van der Waals surface area contributed by atoms with E-state index >= 15 is 0 Å². The van der Waals surface area contributed by atoms with Crippen LogP contribution < -0.4 is 10.6 Å². The van der Waals surface area contributed by atoms with Gasteiger partial charge in [-0.3, -0.25) is 9.59 Å². The minimum absolute atomic E-state index is 0.0866. The van der Waals surface area contributed by atoms with E-state index in [1.165, 1.54) is 11.0 Å². The van der Waals surface area contributed by atoms with Crippen molar-refractivity contribution in [2.75, 3.05) is 19.4 Å². The minimum atomic E-state index is -1.26. The van der Waals surface area contributed by atoms with Crippen LogP contribution >= 0.6 is 0 Å². The summed E-state index contributed by atoms with van der Waals surface area (Å²) in [6, 6.07) is 4.81. The van der Waals surface area contributed by atoms with Gasteiger partial charge in [0.15, 0.2) is 11.9 Å². The zero-order chi connectivity index (χ0) is 18.7. The van der Waals surface area contributed by atoms with Crippen LogP contribution in [0.25, 0.3) is 0 Å². The van der Waals surface area contributed by atoms with Crippen molar-refractivity contribution in [3.05, 3.63) is 35.2 Å². The molecule has 0 fully saturated rings. The third kappa shape index (κ3) is 3.76. The number of hydrogen-bond donors (Lipinski definition) is 4. The summed E-state index contributed by atoms with van der Waals surface area (Å²) in [5.74, 6) is -0.943. The van der Waals surface area contributed by atoms with Crippen LogP contribution in [0.1, 0.15) is 37.0 Å². The van der Waals surface area contributed by atoms with Crippen LogP contribution in [0.4, 0.5) is 5.69 Å². The van der Waals surface area contributed by atoms with Gasteiger partial charge in [-0.1, -0.05) is 19.4 Å². The highest BCUT2D eigenvalue weighted by Crippen LogP contribution is 2.33. The molecule has 1 amide bonds. The van der Waals surface area contributed by atoms with E-state index in [1.54, 1.807) is 26.2 Å². The number of phenols is 1. The zero-order valence-electron chi connectivity index (χ0n) is 15.0. The molecule has 0 bridgehead atoms. The molecule has 136 valence electrons. The first-order chi connectivity index (χ1) is 11.8. The van der Waals surface area contributed by atoms with Gasteiger partial charge in [0, 0.05) is 20.1 Å². The van der Waals surface area contributed by atoms with Crippen molar-refractivity contribution in [2.45, 2.75) is 38.8 Å². The molecule has 0 saturated carbocycles. The molecule has 7 heteroatoms. The molecule has 25 heavy (non-hydrogen) atoms. The summed E-state index contributed by atoms with van der Waals surface area (Å²) in [7, 11) is 3.19. The van der Waals surface area contributed by atoms with Crippen molar-refractivity contribution in [1.82, 2.24) is 10.2 Å². The van der Waals surface area contributed by atoms with Gasteiger partial charge in [0.2, 0.25) is 5.78 Å². The molecule has 0 radical (unpaired) electrons. The number of aliphatic hydroxyl groups excluding tert-OH is 1. The number of hydrogen-bond acceptors (Lipinski definition) is 6. The molecule has 0 spiro atoms. The fourth-order valence-corrected chi connectivity index (χ4v) is 2.69. The molecule has 1 aliphatic carbocycles. The molecule has 2 atom stereocenters. The highest BCUT2D eigenvalue weighted by Gasteiger charge is 2.39. The lowest BCUT2D eigenvalue weighted by Gasteiger charge is -2.31. The molecule has 1 aromatic rings. The number of phenolic OH excluding ortho intramolecular Hbond substituents is 1. The number of rotatable bonds is 7. The summed E-state index contributed by atoms with van der Waals surface area (Å²) in [5.41, 5.74) is 1.02. The first kappa shape index (κ1) is 18.8. The molecule has 0 saturated heterocycles. The number of nitrogens with zero attached hydrogens (tertiary/aromatic N) is 1. The molecule has 2 rings (SSSR count). The molecule has 2 unspecified atom stereocenters. The number of amides is 1. The summed E-state index contributed by atoms with van der Waals surface area (Å²) < 4.78 is 0. The molecule has 7 nitrogen and oxygen atoms in total. The van der Waals surface area contributed by atoms with E-state index in [9.17, 15) is 19.8 Å². The Kier molecular flexibility index (Phi) is 5.69. The van der Waals surface area contributed by atoms with Gasteiger partial charge in [0.1, 0.15) is 5.70 Å². The normalized spacial score (nSPS) is 17.8. The summed E-state index contributed by atoms with van der Waals surface area (Å²) in [6.45, 7) is 4.01. The van der Waals surface area contributed by atoms with E-state index in [4.69, 9.17) is 0 Å². The molecular weight excluding hydrogens is 322 g/mol. The predicted octanol–water partition coefficient (Wildman–Crippen LogP) is 1.44. The molecular formula is C18H25N3O4. The number of carbonyl (C=O) groups excluding carboxylic acids is 2. The minimum Gasteiger partial charge on any atom is -0.505 e. The number of carbonyl (C=O) groups is 2. The van der Waals surface area contributed by atoms with Gasteiger partial charge in [-0.2, -0.15) is 0 Å². The Hall–Kier alpha value is -2.54. The third-order valence-electron chi connectivity index (χ3n) is 4.09. The molecule has 4 N–H and O–H groups in total. The summed E-state index contributed by atoms with van der Waals surface area (Å²) in [4.78, 5) is 25.4. The second kappa shape index (κ2) is 7.57. The van der Waals surface area contributed by atoms with Gasteiger partial charge < -0.3 is 25.7 Å². The van der Waals surface area contributed by atoms with Gasteiger partial charge in [-0.05, 0) is 25.5 Å². The first-order valence-electron chi connectivity index (χ1n) is 8.31. The van der Waals surface area contributed by atoms with Crippen LogP contribution in [0.3, 0.4) is 0 Å². The number of aromatic hydroxyl groups is 1. The predicted molar refractivity (Wildman–Crippen MR) is 95.3 cm³/mol. The summed E-state index contributed by atoms with van der Waals surface area (Å²) in [6.07, 6.45) is 0.596. The Balaban J connectivity index is 2.28. The van der Waals surface area contributed by atoms with Gasteiger partial charge in [0.05, 0.1) is 16.9 Å². The van der Waals surface area contributed by atoms with Crippen LogP contribution in [-0.2, 0) is 4.79 Å². The van der Waals surface area contributed by atoms with Crippen molar-refractivity contribution in [3.63, 3.8) is 0 Å². The fraction of sp³-hybridized carbons (Fsp3) is 0.444. The van der Waals surface area contributed by atoms with Gasteiger partial charge in [-0.25, -0.2) is 0 Å². The smallest absolute Gasteiger partial charge is 0.257 e. The van der Waals surface area contributed by atoms with Crippen LogP contribution in [-0.4, -0.2) is 53.0 Å². The molecule has 0 aromatic heterocycles. The summed E-state index contributed by atoms with van der Waals surface area (Å²) >= 11 is 0. The Morgan fingerprint density at radius 2 is 2.04 bits per heavy atom. The maximum absolute atomic E-state index is 12.1. The Morgan fingerprint density at radius 3 is 2.64 bits per heavy atom. The van der Waals surface area contributed by atoms with Crippen molar-refractivity contribution < 1.29 is 19.8 Å². The quantitative estimate of drug-likeness (QED) is 0.557. The maximum atomic E-state index is 12.1. The number of ketones is 1. The average molecular weight is 347 g/mol. The largest absolute Gasteiger partial charge is 0.505 e. The van der Waals surface area contributed by atoms with Gasteiger partial charge in [0.25, 0.3) is 5.91 Å². The lowest BCUT2D eigenvalue weighted by atomic mass is 9.93. The lowest BCUT2D eigenvalue weighted by molar-refractivity contribution is -0.125. The van der Waals surface area contributed by atoms with E-state index in [0.717, 1.165) is 12.8 Å². The Morgan fingerprint density at radius 1 is 1.36 bits per heavy atom. The number of aliphatic hydroxyl groups is 1. The average Bonchev–Trinajstić information content (AvgIpc) is 2.58. The second-order valence-electron chi connectivity index (χ2n) is 6.42. The van der Waals surface area contributed by atoms with Crippen molar-refractivity contribution >= 4 is 17.4 Å². The van der Waals surface area contributed by atoms with Crippen LogP contribution in [0.15, 0.2) is 29.6 Å². The highest BCUT2D eigenvalue weighted by molar-refractivity contribution is 6.09. The van der Waals surface area contributed by atoms with Crippen molar-refractivity contribution in [2.24, 2.45) is 0 Å². The summed E-state index contributed by atoms with van der Waals surface area (Å²) in [5, 5.41) is 26.3. The third-order valence-corrected chi connectivity index (χ3v) is 4.09. The molecule has 0 heterocycles. The van der Waals surface area contributed by atoms with Gasteiger partial charge in [-0.15, -0.1) is 0 Å². The van der Waals surface area contributed by atoms with E-state index < -0.39 is 6.10 Å². The SMILES string of the molecule is CCCC(C)NC1=C(Nc2cccc(C(=O)N(C)C)c2O)C(O)C1=O. The van der Waals surface area contributed by atoms with Crippen molar-refractivity contribution in [1.29, 1.82) is 0 Å². The first-order valence-corrected chi connectivity index (χ1v) is 8.31. The van der Waals surface area contributed by atoms with Crippen molar-refractivity contribution in [3.8, 4) is 5.75 Å². The lowest BCUT2D eigenvalue weighted by Crippen LogP contribution is -2.47. The van der Waals surface area contributed by atoms with Crippen LogP contribution in [0.5, 0.6) is 5.75 Å². The maximum Gasteiger partial charge on any atom is 0.257 e. The van der Waals surface area contributed by atoms with Crippen LogP contribution in [0, 0.1) is 0 Å². The fourth-order valence-electron chi connectivity index (χ4n) is 2.69.